The van der Waals surface area contributed by atoms with Gasteiger partial charge in [0.1, 0.15) is 11.5 Å². The molecule has 0 bridgehead atoms. The van der Waals surface area contributed by atoms with Crippen molar-refractivity contribution in [3.05, 3.63) is 10.4 Å². The average molecular weight is 237 g/mol. The molecule has 4 atom stereocenters. The molecule has 0 saturated heterocycles. The Labute approximate surface area is 92.7 Å². The molecule has 0 heterocycles. The van der Waals surface area contributed by atoms with E-state index in [9.17, 15) is 0 Å². The number of aliphatic hydroxyl groups is 3. The lowest BCUT2D eigenvalue weighted by Crippen LogP contribution is -2.37. The third-order valence-corrected chi connectivity index (χ3v) is 2.21. The van der Waals surface area contributed by atoms with Crippen molar-refractivity contribution in [3.63, 3.8) is 0 Å². The minimum Gasteiger partial charge on any atom is -0.396 e. The molecule has 0 spiro atoms. The molecule has 0 radical (unpaired) electrons. The van der Waals surface area contributed by atoms with E-state index in [1.165, 1.54) is 6.92 Å². The SMILES string of the molecule is C[C@H](O)C(CO)OC(S)[C@H](CO)N=[N+]=[N-]. The molecule has 0 aromatic heterocycles. The highest BCUT2D eigenvalue weighted by Gasteiger charge is 2.23. The summed E-state index contributed by atoms with van der Waals surface area (Å²) in [6.45, 7) is 0.641. The van der Waals surface area contributed by atoms with E-state index in [4.69, 9.17) is 25.6 Å². The van der Waals surface area contributed by atoms with Gasteiger partial charge in [-0.25, -0.2) is 0 Å². The number of aliphatic hydroxyl groups excluding tert-OH is 3. The summed E-state index contributed by atoms with van der Waals surface area (Å²) >= 11 is 3.96. The Morgan fingerprint density at radius 3 is 2.40 bits per heavy atom. The van der Waals surface area contributed by atoms with Gasteiger partial charge in [-0.3, -0.25) is 0 Å². The predicted molar refractivity (Wildman–Crippen MR) is 56.4 cm³/mol. The van der Waals surface area contributed by atoms with E-state index in [1.54, 1.807) is 0 Å². The molecule has 0 aromatic carbocycles. The minimum atomic E-state index is -0.880. The molecule has 0 amide bonds. The Morgan fingerprint density at radius 1 is 1.47 bits per heavy atom. The van der Waals surface area contributed by atoms with Gasteiger partial charge in [0.15, 0.2) is 0 Å². The average Bonchev–Trinajstić information content (AvgIpc) is 2.21. The number of rotatable bonds is 7. The van der Waals surface area contributed by atoms with E-state index in [-0.39, 0.29) is 6.61 Å². The summed E-state index contributed by atoms with van der Waals surface area (Å²) in [7, 11) is 0. The fourth-order valence-corrected chi connectivity index (χ4v) is 1.14. The van der Waals surface area contributed by atoms with Crippen LogP contribution in [-0.4, -0.2) is 52.2 Å². The number of ether oxygens (including phenoxy) is 1. The number of hydrogen-bond acceptors (Lipinski definition) is 6. The van der Waals surface area contributed by atoms with Crippen molar-refractivity contribution < 1.29 is 20.1 Å². The summed E-state index contributed by atoms with van der Waals surface area (Å²) in [5, 5.41) is 30.1. The van der Waals surface area contributed by atoms with Crippen LogP contribution in [0.4, 0.5) is 0 Å². The maximum Gasteiger partial charge on any atom is 0.111 e. The van der Waals surface area contributed by atoms with E-state index in [2.05, 4.69) is 22.7 Å². The molecule has 0 rings (SSSR count). The Balaban J connectivity index is 4.30. The van der Waals surface area contributed by atoms with E-state index < -0.39 is 30.3 Å². The summed E-state index contributed by atoms with van der Waals surface area (Å²) in [6.07, 6.45) is -1.70. The van der Waals surface area contributed by atoms with Crippen molar-refractivity contribution in [2.45, 2.75) is 30.6 Å². The standard InChI is InChI=1S/C7H15N3O4S/c1-4(13)6(3-12)14-7(15)5(2-11)9-10-8/h4-7,11-13,15H,2-3H2,1H3/t4-,5-,6?,7?/m0/s1. The maximum atomic E-state index is 9.16. The van der Waals surface area contributed by atoms with Crippen LogP contribution < -0.4 is 0 Å². The van der Waals surface area contributed by atoms with Crippen LogP contribution in [0, 0.1) is 0 Å². The first-order valence-corrected chi connectivity index (χ1v) is 4.86. The van der Waals surface area contributed by atoms with E-state index in [1.807, 2.05) is 0 Å². The first-order chi connectivity index (χ1) is 7.06. The van der Waals surface area contributed by atoms with Gasteiger partial charge in [-0.15, -0.1) is 12.6 Å². The molecule has 3 N–H and O–H groups in total. The predicted octanol–water partition coefficient (Wildman–Crippen LogP) is -0.328. The van der Waals surface area contributed by atoms with Crippen LogP contribution in [0.2, 0.25) is 0 Å². The Hall–Kier alpha value is -0.500. The van der Waals surface area contributed by atoms with Crippen LogP contribution in [0.5, 0.6) is 0 Å². The van der Waals surface area contributed by atoms with Gasteiger partial charge < -0.3 is 20.1 Å². The minimum absolute atomic E-state index is 0.386. The third kappa shape index (κ3) is 5.22. The second-order valence-electron chi connectivity index (χ2n) is 2.94. The molecule has 0 aliphatic heterocycles. The van der Waals surface area contributed by atoms with Crippen molar-refractivity contribution >= 4 is 12.6 Å². The first-order valence-electron chi connectivity index (χ1n) is 4.34. The second-order valence-corrected chi connectivity index (χ2v) is 3.45. The lowest BCUT2D eigenvalue weighted by molar-refractivity contribution is -0.0735. The highest BCUT2D eigenvalue weighted by molar-refractivity contribution is 7.80. The van der Waals surface area contributed by atoms with E-state index >= 15 is 0 Å². The molecular weight excluding hydrogens is 222 g/mol. The monoisotopic (exact) mass is 237 g/mol. The van der Waals surface area contributed by atoms with Crippen molar-refractivity contribution in [1.82, 2.24) is 0 Å². The van der Waals surface area contributed by atoms with Gasteiger partial charge in [0.05, 0.1) is 25.4 Å². The topological polar surface area (TPSA) is 119 Å². The summed E-state index contributed by atoms with van der Waals surface area (Å²) in [5.41, 5.74) is 7.30. The van der Waals surface area contributed by atoms with Crippen LogP contribution >= 0.6 is 12.6 Å². The largest absolute Gasteiger partial charge is 0.396 e. The Kier molecular flexibility index (Phi) is 7.49. The van der Waals surface area contributed by atoms with Crippen LogP contribution in [0.25, 0.3) is 10.4 Å². The molecule has 0 saturated carbocycles. The van der Waals surface area contributed by atoms with Gasteiger partial charge in [0.2, 0.25) is 0 Å². The van der Waals surface area contributed by atoms with Crippen LogP contribution in [0.15, 0.2) is 5.11 Å². The quantitative estimate of drug-likeness (QED) is 0.159. The summed E-state index contributed by atoms with van der Waals surface area (Å²) in [6, 6.07) is -0.855. The van der Waals surface area contributed by atoms with Gasteiger partial charge in [0.25, 0.3) is 0 Å². The molecular formula is C7H15N3O4S. The zero-order valence-electron chi connectivity index (χ0n) is 8.26. The Bertz CT molecular complexity index is 222. The van der Waals surface area contributed by atoms with Crippen molar-refractivity contribution in [1.29, 1.82) is 0 Å². The van der Waals surface area contributed by atoms with Crippen LogP contribution in [0.1, 0.15) is 6.92 Å². The number of hydrogen-bond donors (Lipinski definition) is 4. The van der Waals surface area contributed by atoms with E-state index in [0.717, 1.165) is 0 Å². The van der Waals surface area contributed by atoms with Crippen molar-refractivity contribution in [2.24, 2.45) is 5.11 Å². The van der Waals surface area contributed by atoms with Gasteiger partial charge in [-0.1, -0.05) is 5.11 Å². The second kappa shape index (κ2) is 7.75. The molecule has 0 aliphatic carbocycles. The summed E-state index contributed by atoms with van der Waals surface area (Å²) in [4.78, 5) is 2.52. The molecule has 0 aliphatic rings. The summed E-state index contributed by atoms with van der Waals surface area (Å²) < 4.78 is 5.11. The smallest absolute Gasteiger partial charge is 0.111 e. The van der Waals surface area contributed by atoms with Crippen molar-refractivity contribution in [3.8, 4) is 0 Å². The normalized spacial score (nSPS) is 18.7. The maximum absolute atomic E-state index is 9.16. The highest BCUT2D eigenvalue weighted by Crippen LogP contribution is 2.13. The first kappa shape index (κ1) is 14.5. The lowest BCUT2D eigenvalue weighted by atomic mass is 10.2. The third-order valence-electron chi connectivity index (χ3n) is 1.75. The lowest BCUT2D eigenvalue weighted by Gasteiger charge is -2.24. The van der Waals surface area contributed by atoms with Crippen LogP contribution in [0.3, 0.4) is 0 Å². The van der Waals surface area contributed by atoms with Crippen LogP contribution in [-0.2, 0) is 4.74 Å². The molecule has 8 heteroatoms. The Morgan fingerprint density at radius 2 is 2.07 bits per heavy atom. The molecule has 0 fully saturated rings. The van der Waals surface area contributed by atoms with Gasteiger partial charge in [-0.05, 0) is 12.5 Å². The molecule has 0 aromatic rings. The fraction of sp³-hybridized carbons (Fsp3) is 1.00. The highest BCUT2D eigenvalue weighted by atomic mass is 32.1. The molecule has 2 unspecified atom stereocenters. The van der Waals surface area contributed by atoms with Gasteiger partial charge in [0, 0.05) is 4.91 Å². The van der Waals surface area contributed by atoms with E-state index in [0.29, 0.717) is 0 Å². The summed E-state index contributed by atoms with van der Waals surface area (Å²) in [5.74, 6) is 0. The number of thiol groups is 1. The number of nitrogens with zero attached hydrogens (tertiary/aromatic N) is 3. The number of azide groups is 1. The zero-order chi connectivity index (χ0) is 11.8. The van der Waals surface area contributed by atoms with Gasteiger partial charge in [-0.2, -0.15) is 0 Å². The van der Waals surface area contributed by atoms with Crippen molar-refractivity contribution in [2.75, 3.05) is 13.2 Å². The zero-order valence-corrected chi connectivity index (χ0v) is 9.16. The fourth-order valence-electron chi connectivity index (χ4n) is 0.829. The van der Waals surface area contributed by atoms with Gasteiger partial charge >= 0.3 is 0 Å². The molecule has 7 nitrogen and oxygen atoms in total. The molecule has 15 heavy (non-hydrogen) atoms. The molecule has 88 valence electrons.